The molecule has 0 saturated carbocycles. The summed E-state index contributed by atoms with van der Waals surface area (Å²) in [5.41, 5.74) is 0.248. The highest BCUT2D eigenvalue weighted by molar-refractivity contribution is 7.80. The second-order valence-corrected chi connectivity index (χ2v) is 5.33. The number of nitrogens with one attached hydrogen (secondary N) is 1. The molecule has 0 radical (unpaired) electrons. The largest absolute Gasteiger partial charge is 0.350 e. The number of halogens is 2. The van der Waals surface area contributed by atoms with E-state index in [-0.39, 0.29) is 4.88 Å². The second kappa shape index (κ2) is 6.81. The minimum Gasteiger partial charge on any atom is -0.350 e. The molecule has 0 aliphatic rings. The van der Waals surface area contributed by atoms with Gasteiger partial charge >= 0.3 is 0 Å². The molecule has 1 heterocycles. The minimum absolute atomic E-state index is 0.0411. The van der Waals surface area contributed by atoms with Gasteiger partial charge in [-0.25, -0.2) is 13.8 Å². The molecule has 1 aromatic heterocycles. The molecular weight excluding hydrogens is 302 g/mol. The average molecular weight is 314 g/mol. The molecule has 1 aromatic carbocycles. The van der Waals surface area contributed by atoms with E-state index in [1.165, 1.54) is 0 Å². The van der Waals surface area contributed by atoms with Crippen LogP contribution in [0.3, 0.4) is 0 Å². The van der Waals surface area contributed by atoms with Crippen molar-refractivity contribution in [3.63, 3.8) is 0 Å². The molecule has 0 bridgehead atoms. The Morgan fingerprint density at radius 2 is 2.05 bits per heavy atom. The van der Waals surface area contributed by atoms with Crippen LogP contribution in [-0.4, -0.2) is 23.2 Å². The Morgan fingerprint density at radius 1 is 1.35 bits per heavy atom. The first-order valence-corrected chi connectivity index (χ1v) is 7.31. The topological polar surface area (TPSA) is 42.0 Å². The zero-order chi connectivity index (χ0) is 14.5. The normalized spacial score (nSPS) is 10.8. The van der Waals surface area contributed by atoms with E-state index in [9.17, 15) is 13.6 Å². The summed E-state index contributed by atoms with van der Waals surface area (Å²) in [6, 6.07) is 8.94. The van der Waals surface area contributed by atoms with E-state index in [1.54, 1.807) is 24.3 Å². The van der Waals surface area contributed by atoms with Crippen LogP contribution in [0.25, 0.3) is 10.6 Å². The van der Waals surface area contributed by atoms with E-state index >= 15 is 0 Å². The maximum Gasteiger partial charge on any atom is 0.282 e. The Labute approximate surface area is 124 Å². The number of hydrogen-bond acceptors (Lipinski definition) is 4. The number of amides is 1. The number of aromatic nitrogens is 1. The Bertz CT molecular complexity index is 587. The van der Waals surface area contributed by atoms with Crippen molar-refractivity contribution in [2.45, 2.75) is 6.43 Å². The van der Waals surface area contributed by atoms with Gasteiger partial charge in [0.05, 0.1) is 0 Å². The molecule has 2 aromatic rings. The van der Waals surface area contributed by atoms with Gasteiger partial charge in [0.25, 0.3) is 12.3 Å². The molecule has 0 saturated heterocycles. The van der Waals surface area contributed by atoms with Crippen molar-refractivity contribution in [3.8, 4) is 10.6 Å². The zero-order valence-corrected chi connectivity index (χ0v) is 12.1. The molecule has 1 amide bonds. The number of carbonyl (C=O) groups is 1. The van der Waals surface area contributed by atoms with Crippen molar-refractivity contribution in [2.24, 2.45) is 0 Å². The number of nitrogens with zero attached hydrogens (tertiary/aromatic N) is 1. The molecular formula is C13H12F2N2OS2. The maximum atomic E-state index is 13.0. The van der Waals surface area contributed by atoms with Gasteiger partial charge in [-0.1, -0.05) is 30.3 Å². The lowest BCUT2D eigenvalue weighted by Gasteiger charge is -2.02. The molecule has 106 valence electrons. The van der Waals surface area contributed by atoms with E-state index in [0.29, 0.717) is 22.9 Å². The monoisotopic (exact) mass is 314 g/mol. The van der Waals surface area contributed by atoms with Gasteiger partial charge in [0, 0.05) is 17.9 Å². The van der Waals surface area contributed by atoms with Crippen molar-refractivity contribution in [2.75, 3.05) is 12.3 Å². The molecule has 0 spiro atoms. The molecule has 0 aliphatic carbocycles. The number of benzene rings is 1. The fourth-order valence-electron chi connectivity index (χ4n) is 1.60. The van der Waals surface area contributed by atoms with Crippen molar-refractivity contribution < 1.29 is 13.6 Å². The summed E-state index contributed by atoms with van der Waals surface area (Å²) >= 11 is 4.93. The van der Waals surface area contributed by atoms with Gasteiger partial charge in [0.2, 0.25) is 0 Å². The molecule has 0 fully saturated rings. The van der Waals surface area contributed by atoms with Crippen LogP contribution in [0.4, 0.5) is 8.78 Å². The first-order valence-electron chi connectivity index (χ1n) is 5.87. The summed E-state index contributed by atoms with van der Waals surface area (Å²) in [5.74, 6) is -0.0888. The van der Waals surface area contributed by atoms with E-state index < -0.39 is 18.0 Å². The van der Waals surface area contributed by atoms with E-state index in [1.807, 2.05) is 6.07 Å². The number of carbonyl (C=O) groups excluding carboxylic acids is 1. The second-order valence-electron chi connectivity index (χ2n) is 3.88. The van der Waals surface area contributed by atoms with E-state index in [4.69, 9.17) is 0 Å². The van der Waals surface area contributed by atoms with E-state index in [0.717, 1.165) is 11.3 Å². The van der Waals surface area contributed by atoms with Crippen LogP contribution < -0.4 is 5.32 Å². The number of hydrogen-bond donors (Lipinski definition) is 2. The lowest BCUT2D eigenvalue weighted by molar-refractivity contribution is 0.0945. The Balaban J connectivity index is 2.36. The Morgan fingerprint density at radius 3 is 2.65 bits per heavy atom. The molecule has 2 rings (SSSR count). The third-order valence-electron chi connectivity index (χ3n) is 2.48. The first kappa shape index (κ1) is 14.9. The molecule has 1 N–H and O–H groups in total. The average Bonchev–Trinajstić information content (AvgIpc) is 2.91. The summed E-state index contributed by atoms with van der Waals surface area (Å²) in [7, 11) is 0. The predicted octanol–water partition coefficient (Wildman–Crippen LogP) is 3.41. The quantitative estimate of drug-likeness (QED) is 0.831. The first-order chi connectivity index (χ1) is 9.63. The number of thiol groups is 1. The van der Waals surface area contributed by atoms with Crippen LogP contribution in [0.15, 0.2) is 30.3 Å². The lowest BCUT2D eigenvalue weighted by atomic mass is 10.2. The van der Waals surface area contributed by atoms with Gasteiger partial charge in [-0.15, -0.1) is 11.3 Å². The molecule has 0 atom stereocenters. The fourth-order valence-corrected chi connectivity index (χ4v) is 2.70. The van der Waals surface area contributed by atoms with Gasteiger partial charge in [0.1, 0.15) is 15.6 Å². The van der Waals surface area contributed by atoms with Crippen molar-refractivity contribution in [1.29, 1.82) is 0 Å². The third-order valence-corrected chi connectivity index (χ3v) is 3.83. The van der Waals surface area contributed by atoms with Crippen LogP contribution in [0, 0.1) is 0 Å². The standard InChI is InChI=1S/C13H12F2N2OS2/c14-11(15)9-10(12(18)16-6-7-19)20-13(17-9)8-4-2-1-3-5-8/h1-5,11,19H,6-7H2,(H,16,18). The molecule has 20 heavy (non-hydrogen) atoms. The predicted molar refractivity (Wildman–Crippen MR) is 78.7 cm³/mol. The number of thiazole rings is 1. The van der Waals surface area contributed by atoms with Crippen LogP contribution in [0.1, 0.15) is 21.8 Å². The van der Waals surface area contributed by atoms with Gasteiger partial charge in [-0.3, -0.25) is 4.79 Å². The van der Waals surface area contributed by atoms with Crippen LogP contribution in [0.5, 0.6) is 0 Å². The number of rotatable bonds is 5. The molecule has 0 unspecified atom stereocenters. The smallest absolute Gasteiger partial charge is 0.282 e. The highest BCUT2D eigenvalue weighted by atomic mass is 32.1. The summed E-state index contributed by atoms with van der Waals surface area (Å²) in [5, 5.41) is 2.94. The summed E-state index contributed by atoms with van der Waals surface area (Å²) < 4.78 is 26.0. The van der Waals surface area contributed by atoms with E-state index in [2.05, 4.69) is 22.9 Å². The zero-order valence-electron chi connectivity index (χ0n) is 10.3. The third kappa shape index (κ3) is 3.34. The van der Waals surface area contributed by atoms with Crippen molar-refractivity contribution in [1.82, 2.24) is 10.3 Å². The Kier molecular flexibility index (Phi) is 5.08. The van der Waals surface area contributed by atoms with Crippen molar-refractivity contribution >= 4 is 29.9 Å². The van der Waals surface area contributed by atoms with Gasteiger partial charge in [0.15, 0.2) is 0 Å². The van der Waals surface area contributed by atoms with Gasteiger partial charge < -0.3 is 5.32 Å². The van der Waals surface area contributed by atoms with Crippen LogP contribution in [0.2, 0.25) is 0 Å². The summed E-state index contributed by atoms with van der Waals surface area (Å²) in [4.78, 5) is 15.7. The molecule has 7 heteroatoms. The fraction of sp³-hybridized carbons (Fsp3) is 0.231. The summed E-state index contributed by atoms with van der Waals surface area (Å²) in [6.07, 6.45) is -2.78. The number of alkyl halides is 2. The van der Waals surface area contributed by atoms with Crippen LogP contribution >= 0.6 is 24.0 Å². The van der Waals surface area contributed by atoms with Gasteiger partial charge in [-0.05, 0) is 0 Å². The van der Waals surface area contributed by atoms with Crippen LogP contribution in [-0.2, 0) is 0 Å². The summed E-state index contributed by atoms with van der Waals surface area (Å²) in [6.45, 7) is 0.323. The lowest BCUT2D eigenvalue weighted by Crippen LogP contribution is -2.25. The molecule has 3 nitrogen and oxygen atoms in total. The van der Waals surface area contributed by atoms with Gasteiger partial charge in [-0.2, -0.15) is 12.6 Å². The minimum atomic E-state index is -2.78. The SMILES string of the molecule is O=C(NCCS)c1sc(-c2ccccc2)nc1C(F)F. The highest BCUT2D eigenvalue weighted by Crippen LogP contribution is 2.32. The highest BCUT2D eigenvalue weighted by Gasteiger charge is 2.24. The maximum absolute atomic E-state index is 13.0. The Hall–Kier alpha value is -1.47. The van der Waals surface area contributed by atoms with Crippen molar-refractivity contribution in [3.05, 3.63) is 40.9 Å². The molecule has 0 aliphatic heterocycles.